The van der Waals surface area contributed by atoms with Crippen molar-refractivity contribution < 1.29 is 13.6 Å². The van der Waals surface area contributed by atoms with Gasteiger partial charge in [-0.25, -0.2) is 8.78 Å². The molecule has 0 aromatic heterocycles. The van der Waals surface area contributed by atoms with Crippen LogP contribution in [0.25, 0.3) is 0 Å². The number of carbonyl (C=O) groups is 1. The molecule has 0 unspecified atom stereocenters. The molecule has 3 nitrogen and oxygen atoms in total. The molecule has 1 fully saturated rings. The van der Waals surface area contributed by atoms with Gasteiger partial charge in [0.2, 0.25) is 5.91 Å². The second-order valence-electron chi connectivity index (χ2n) is 4.94. The van der Waals surface area contributed by atoms with Crippen LogP contribution >= 0.6 is 0 Å². The molecule has 19 heavy (non-hydrogen) atoms. The summed E-state index contributed by atoms with van der Waals surface area (Å²) in [4.78, 5) is 12.4. The minimum Gasteiger partial charge on any atom is -0.323 e. The average Bonchev–Trinajstić information content (AvgIpc) is 2.44. The Morgan fingerprint density at radius 3 is 2.68 bits per heavy atom. The molecule has 1 heterocycles. The smallest absolute Gasteiger partial charge is 0.230 e. The Morgan fingerprint density at radius 2 is 2.05 bits per heavy atom. The predicted octanol–water partition coefficient (Wildman–Crippen LogP) is 2.68. The summed E-state index contributed by atoms with van der Waals surface area (Å²) >= 11 is 0. The van der Waals surface area contributed by atoms with Gasteiger partial charge in [0.15, 0.2) is 11.6 Å². The van der Waals surface area contributed by atoms with Crippen molar-refractivity contribution in [1.82, 2.24) is 5.32 Å². The van der Waals surface area contributed by atoms with E-state index >= 15 is 0 Å². The minimum atomic E-state index is -1.00. The molecule has 1 aliphatic rings. The number of hydrogen-bond donors (Lipinski definition) is 2. The Bertz CT molecular complexity index is 471. The Hall–Kier alpha value is -1.49. The monoisotopic (exact) mass is 268 g/mol. The second kappa shape index (κ2) is 5.65. The van der Waals surface area contributed by atoms with Crippen LogP contribution in [-0.4, -0.2) is 19.0 Å². The van der Waals surface area contributed by atoms with E-state index in [9.17, 15) is 13.6 Å². The molecule has 2 N–H and O–H groups in total. The summed E-state index contributed by atoms with van der Waals surface area (Å²) in [5.74, 6) is -2.18. The summed E-state index contributed by atoms with van der Waals surface area (Å²) in [6.45, 7) is 3.49. The van der Waals surface area contributed by atoms with Crippen LogP contribution in [0.4, 0.5) is 14.5 Å². The van der Waals surface area contributed by atoms with Gasteiger partial charge in [0, 0.05) is 0 Å². The molecular weight excluding hydrogens is 250 g/mol. The van der Waals surface area contributed by atoms with E-state index in [2.05, 4.69) is 10.6 Å². The third-order valence-corrected chi connectivity index (χ3v) is 3.92. The van der Waals surface area contributed by atoms with Gasteiger partial charge < -0.3 is 10.6 Å². The first-order valence-electron chi connectivity index (χ1n) is 6.55. The van der Waals surface area contributed by atoms with E-state index in [0.717, 1.165) is 19.2 Å². The van der Waals surface area contributed by atoms with E-state index in [-0.39, 0.29) is 11.6 Å². The summed E-state index contributed by atoms with van der Waals surface area (Å²) in [6.07, 6.45) is 2.12. The van der Waals surface area contributed by atoms with E-state index in [1.807, 2.05) is 6.92 Å². The molecule has 1 amide bonds. The van der Waals surface area contributed by atoms with Crippen LogP contribution < -0.4 is 10.6 Å². The fourth-order valence-electron chi connectivity index (χ4n) is 2.50. The highest BCUT2D eigenvalue weighted by atomic mass is 19.2. The van der Waals surface area contributed by atoms with Crippen LogP contribution in [-0.2, 0) is 4.79 Å². The molecule has 1 aromatic rings. The predicted molar refractivity (Wildman–Crippen MR) is 69.8 cm³/mol. The van der Waals surface area contributed by atoms with Gasteiger partial charge in [0.25, 0.3) is 0 Å². The van der Waals surface area contributed by atoms with Crippen LogP contribution in [0.2, 0.25) is 0 Å². The van der Waals surface area contributed by atoms with Crippen molar-refractivity contribution in [3.63, 3.8) is 0 Å². The van der Waals surface area contributed by atoms with Crippen LogP contribution in [0, 0.1) is 17.0 Å². The highest BCUT2D eigenvalue weighted by Gasteiger charge is 2.38. The Balaban J connectivity index is 2.17. The number of halogens is 2. The van der Waals surface area contributed by atoms with Gasteiger partial charge in [-0.2, -0.15) is 0 Å². The van der Waals surface area contributed by atoms with E-state index in [1.165, 1.54) is 12.1 Å². The number of amides is 1. The molecule has 0 bridgehead atoms. The number of piperidine rings is 1. The summed E-state index contributed by atoms with van der Waals surface area (Å²) < 4.78 is 26.7. The number of benzene rings is 1. The van der Waals surface area contributed by atoms with Crippen molar-refractivity contribution in [2.24, 2.45) is 5.41 Å². The maximum Gasteiger partial charge on any atom is 0.230 e. The number of rotatable bonds is 3. The minimum absolute atomic E-state index is 0.0867. The highest BCUT2D eigenvalue weighted by molar-refractivity contribution is 5.95. The number of anilines is 1. The first-order chi connectivity index (χ1) is 9.09. The zero-order chi connectivity index (χ0) is 13.9. The van der Waals surface area contributed by atoms with Crippen molar-refractivity contribution in [2.45, 2.75) is 26.2 Å². The third-order valence-electron chi connectivity index (χ3n) is 3.92. The largest absolute Gasteiger partial charge is 0.323 e. The summed E-state index contributed by atoms with van der Waals surface area (Å²) in [7, 11) is 0. The molecule has 1 aromatic carbocycles. The number of carbonyl (C=O) groups excluding carboxylic acids is 1. The van der Waals surface area contributed by atoms with Crippen molar-refractivity contribution in [2.75, 3.05) is 18.4 Å². The van der Waals surface area contributed by atoms with Crippen molar-refractivity contribution in [1.29, 1.82) is 0 Å². The first-order valence-corrected chi connectivity index (χ1v) is 6.55. The lowest BCUT2D eigenvalue weighted by molar-refractivity contribution is -0.127. The molecule has 5 heteroatoms. The molecular formula is C14H18F2N2O. The van der Waals surface area contributed by atoms with E-state index < -0.39 is 17.0 Å². The van der Waals surface area contributed by atoms with E-state index in [1.54, 1.807) is 0 Å². The van der Waals surface area contributed by atoms with Crippen LogP contribution in [0.5, 0.6) is 0 Å². The highest BCUT2D eigenvalue weighted by Crippen LogP contribution is 2.34. The lowest BCUT2D eigenvalue weighted by atomic mass is 9.76. The van der Waals surface area contributed by atoms with Crippen LogP contribution in [0.3, 0.4) is 0 Å². The van der Waals surface area contributed by atoms with Crippen LogP contribution in [0.1, 0.15) is 26.2 Å². The zero-order valence-electron chi connectivity index (χ0n) is 10.9. The average molecular weight is 268 g/mol. The Kier molecular flexibility index (Phi) is 4.14. The molecule has 0 spiro atoms. The van der Waals surface area contributed by atoms with Gasteiger partial charge >= 0.3 is 0 Å². The third kappa shape index (κ3) is 2.76. The van der Waals surface area contributed by atoms with Gasteiger partial charge in [-0.15, -0.1) is 0 Å². The molecule has 0 saturated carbocycles. The molecule has 0 radical (unpaired) electrons. The summed E-state index contributed by atoms with van der Waals surface area (Å²) in [5, 5.41) is 5.73. The van der Waals surface area contributed by atoms with Crippen molar-refractivity contribution in [3.8, 4) is 0 Å². The Labute approximate surface area is 111 Å². The molecule has 0 aliphatic carbocycles. The zero-order valence-corrected chi connectivity index (χ0v) is 10.9. The lowest BCUT2D eigenvalue weighted by Gasteiger charge is -2.35. The second-order valence-corrected chi connectivity index (χ2v) is 4.94. The maximum atomic E-state index is 13.6. The SMILES string of the molecule is CCC1(C(=O)Nc2cccc(F)c2F)CCNCC1. The fraction of sp³-hybridized carbons (Fsp3) is 0.500. The normalized spacial score (nSPS) is 18.1. The lowest BCUT2D eigenvalue weighted by Crippen LogP contribution is -2.44. The van der Waals surface area contributed by atoms with E-state index in [4.69, 9.17) is 0 Å². The van der Waals surface area contributed by atoms with Crippen molar-refractivity contribution >= 4 is 11.6 Å². The van der Waals surface area contributed by atoms with Gasteiger partial charge in [0.05, 0.1) is 11.1 Å². The van der Waals surface area contributed by atoms with Gasteiger partial charge in [-0.1, -0.05) is 13.0 Å². The standard InChI is InChI=1S/C14H18F2N2O/c1-2-14(6-8-17-9-7-14)13(19)18-11-5-3-4-10(15)12(11)16/h3-5,17H,2,6-9H2,1H3,(H,18,19). The molecule has 1 saturated heterocycles. The molecule has 104 valence electrons. The molecule has 0 atom stereocenters. The topological polar surface area (TPSA) is 41.1 Å². The first kappa shape index (κ1) is 13.9. The molecule has 2 rings (SSSR count). The number of hydrogen-bond acceptors (Lipinski definition) is 2. The fourth-order valence-corrected chi connectivity index (χ4v) is 2.50. The van der Waals surface area contributed by atoms with Gasteiger partial charge in [0.1, 0.15) is 0 Å². The Morgan fingerprint density at radius 1 is 1.37 bits per heavy atom. The quantitative estimate of drug-likeness (QED) is 0.885. The summed E-state index contributed by atoms with van der Waals surface area (Å²) in [6, 6.07) is 3.79. The molecule has 1 aliphatic heterocycles. The number of nitrogens with one attached hydrogen (secondary N) is 2. The van der Waals surface area contributed by atoms with E-state index in [0.29, 0.717) is 19.3 Å². The van der Waals surface area contributed by atoms with Crippen molar-refractivity contribution in [3.05, 3.63) is 29.8 Å². The van der Waals surface area contributed by atoms with Crippen LogP contribution in [0.15, 0.2) is 18.2 Å². The van der Waals surface area contributed by atoms with Gasteiger partial charge in [-0.05, 0) is 44.5 Å². The maximum absolute atomic E-state index is 13.6. The summed E-state index contributed by atoms with van der Waals surface area (Å²) in [5.41, 5.74) is -0.569. The van der Waals surface area contributed by atoms with Gasteiger partial charge in [-0.3, -0.25) is 4.79 Å².